The number of rotatable bonds is 2. The second kappa shape index (κ2) is 5.00. The van der Waals surface area contributed by atoms with Gasteiger partial charge < -0.3 is 5.73 Å². The number of urea groups is 2. The van der Waals surface area contributed by atoms with Gasteiger partial charge in [0, 0.05) is 0 Å². The molecule has 0 atom stereocenters. The van der Waals surface area contributed by atoms with E-state index in [-0.39, 0.29) is 0 Å². The van der Waals surface area contributed by atoms with Crippen molar-refractivity contribution >= 4 is 18.0 Å². The minimum absolute atomic E-state index is 0.489. The summed E-state index contributed by atoms with van der Waals surface area (Å²) >= 11 is 0. The molecule has 0 spiro atoms. The van der Waals surface area contributed by atoms with Crippen LogP contribution in [-0.4, -0.2) is 22.9 Å². The summed E-state index contributed by atoms with van der Waals surface area (Å²) in [6.45, 7) is 0. The number of imide groups is 2. The average molecular weight is 295 g/mol. The molecule has 1 aliphatic rings. The summed E-state index contributed by atoms with van der Waals surface area (Å²) < 4.78 is 0. The third-order valence-corrected chi connectivity index (χ3v) is 3.69. The van der Waals surface area contributed by atoms with E-state index >= 15 is 0 Å². The first kappa shape index (κ1) is 13.8. The maximum absolute atomic E-state index is 12.6. The largest absolute Gasteiger partial charge is 0.351 e. The fourth-order valence-electron chi connectivity index (χ4n) is 2.81. The zero-order valence-corrected chi connectivity index (χ0v) is 11.5. The minimum Gasteiger partial charge on any atom is -0.351 e. The average Bonchev–Trinajstić information content (AvgIpc) is 2.80. The molecular weight excluding hydrogens is 282 g/mol. The third-order valence-electron chi connectivity index (χ3n) is 3.69. The van der Waals surface area contributed by atoms with Gasteiger partial charge in [0.2, 0.25) is 0 Å². The molecular formula is C16H13N3O3. The molecule has 3 rings (SSSR count). The highest BCUT2D eigenvalue weighted by Crippen LogP contribution is 2.39. The predicted molar refractivity (Wildman–Crippen MR) is 78.6 cm³/mol. The maximum Gasteiger partial charge on any atom is 0.333 e. The fourth-order valence-corrected chi connectivity index (χ4v) is 2.81. The Morgan fingerprint density at radius 3 is 1.77 bits per heavy atom. The standard InChI is InChI=1S/C16H13N3O3/c17-14(21)19-15(22)18-13(20)16(19,11-7-3-1-4-8-11)12-9-5-2-6-10-12/h1-10H,(H2,17,21)(H,18,20,22). The highest BCUT2D eigenvalue weighted by Gasteiger charge is 2.57. The van der Waals surface area contributed by atoms with Crippen molar-refractivity contribution in [2.45, 2.75) is 5.54 Å². The van der Waals surface area contributed by atoms with Crippen molar-refractivity contribution in [1.29, 1.82) is 0 Å². The molecule has 110 valence electrons. The van der Waals surface area contributed by atoms with E-state index in [2.05, 4.69) is 5.32 Å². The van der Waals surface area contributed by atoms with E-state index in [1.54, 1.807) is 60.7 Å². The van der Waals surface area contributed by atoms with Gasteiger partial charge in [0.25, 0.3) is 5.91 Å². The molecule has 0 aromatic heterocycles. The van der Waals surface area contributed by atoms with Gasteiger partial charge in [0.05, 0.1) is 0 Å². The number of hydrogen-bond acceptors (Lipinski definition) is 3. The topological polar surface area (TPSA) is 92.5 Å². The van der Waals surface area contributed by atoms with Crippen LogP contribution in [0, 0.1) is 0 Å². The first-order valence-corrected chi connectivity index (χ1v) is 6.64. The van der Waals surface area contributed by atoms with Gasteiger partial charge in [-0.3, -0.25) is 10.1 Å². The van der Waals surface area contributed by atoms with E-state index in [1.807, 2.05) is 0 Å². The number of carbonyl (C=O) groups is 3. The van der Waals surface area contributed by atoms with Crippen LogP contribution in [0.1, 0.15) is 11.1 Å². The Kier molecular flexibility index (Phi) is 3.14. The van der Waals surface area contributed by atoms with Gasteiger partial charge in [-0.1, -0.05) is 60.7 Å². The summed E-state index contributed by atoms with van der Waals surface area (Å²) in [7, 11) is 0. The molecule has 0 unspecified atom stereocenters. The van der Waals surface area contributed by atoms with Crippen molar-refractivity contribution in [2.24, 2.45) is 5.73 Å². The molecule has 6 heteroatoms. The van der Waals surface area contributed by atoms with E-state index in [9.17, 15) is 14.4 Å². The monoisotopic (exact) mass is 295 g/mol. The van der Waals surface area contributed by atoms with Crippen molar-refractivity contribution in [3.63, 3.8) is 0 Å². The predicted octanol–water partition coefficient (Wildman–Crippen LogP) is 1.56. The quantitative estimate of drug-likeness (QED) is 0.823. The molecule has 2 aromatic carbocycles. The van der Waals surface area contributed by atoms with Crippen LogP contribution >= 0.6 is 0 Å². The van der Waals surface area contributed by atoms with Crippen LogP contribution in [0.3, 0.4) is 0 Å². The Balaban J connectivity index is 2.35. The molecule has 1 saturated heterocycles. The summed E-state index contributed by atoms with van der Waals surface area (Å²) in [5.74, 6) is -0.603. The van der Waals surface area contributed by atoms with Crippen molar-refractivity contribution in [3.8, 4) is 0 Å². The molecule has 1 fully saturated rings. The number of nitrogens with zero attached hydrogens (tertiary/aromatic N) is 1. The molecule has 0 bridgehead atoms. The Labute approximate surface area is 126 Å². The van der Waals surface area contributed by atoms with Crippen LogP contribution in [-0.2, 0) is 10.3 Å². The van der Waals surface area contributed by atoms with E-state index in [0.717, 1.165) is 4.90 Å². The summed E-state index contributed by atoms with van der Waals surface area (Å²) in [5, 5.41) is 2.18. The van der Waals surface area contributed by atoms with E-state index in [4.69, 9.17) is 5.73 Å². The lowest BCUT2D eigenvalue weighted by atomic mass is 9.81. The fraction of sp³-hybridized carbons (Fsp3) is 0.0625. The van der Waals surface area contributed by atoms with Gasteiger partial charge in [-0.15, -0.1) is 0 Å². The normalized spacial score (nSPS) is 16.5. The van der Waals surface area contributed by atoms with Crippen LogP contribution in [0.4, 0.5) is 9.59 Å². The molecule has 1 heterocycles. The van der Waals surface area contributed by atoms with Gasteiger partial charge in [-0.05, 0) is 11.1 Å². The highest BCUT2D eigenvalue weighted by atomic mass is 16.2. The summed E-state index contributed by atoms with van der Waals surface area (Å²) in [5.41, 5.74) is 4.76. The van der Waals surface area contributed by atoms with E-state index in [1.165, 1.54) is 0 Å². The van der Waals surface area contributed by atoms with Gasteiger partial charge >= 0.3 is 12.1 Å². The Morgan fingerprint density at radius 2 is 1.36 bits per heavy atom. The van der Waals surface area contributed by atoms with E-state index < -0.39 is 23.5 Å². The number of nitrogens with two attached hydrogens (primary N) is 1. The van der Waals surface area contributed by atoms with Crippen molar-refractivity contribution in [1.82, 2.24) is 10.2 Å². The van der Waals surface area contributed by atoms with Crippen molar-refractivity contribution in [2.75, 3.05) is 0 Å². The Hall–Kier alpha value is -3.15. The van der Waals surface area contributed by atoms with Crippen LogP contribution in [0.25, 0.3) is 0 Å². The lowest BCUT2D eigenvalue weighted by molar-refractivity contribution is -0.124. The highest BCUT2D eigenvalue weighted by molar-refractivity contribution is 6.15. The lowest BCUT2D eigenvalue weighted by Gasteiger charge is -2.33. The van der Waals surface area contributed by atoms with Crippen LogP contribution in [0.2, 0.25) is 0 Å². The molecule has 6 nitrogen and oxygen atoms in total. The second-order valence-electron chi connectivity index (χ2n) is 4.88. The SMILES string of the molecule is NC(=O)N1C(=O)NC(=O)C1(c1ccccc1)c1ccccc1. The molecule has 22 heavy (non-hydrogen) atoms. The number of benzene rings is 2. The number of nitrogens with one attached hydrogen (secondary N) is 1. The third kappa shape index (κ3) is 1.77. The second-order valence-corrected chi connectivity index (χ2v) is 4.88. The van der Waals surface area contributed by atoms with Gasteiger partial charge in [0.1, 0.15) is 0 Å². The van der Waals surface area contributed by atoms with E-state index in [0.29, 0.717) is 11.1 Å². The summed E-state index contributed by atoms with van der Waals surface area (Å²) in [6, 6.07) is 15.4. The van der Waals surface area contributed by atoms with Crippen molar-refractivity contribution in [3.05, 3.63) is 71.8 Å². The Bertz CT molecular complexity index is 704. The Morgan fingerprint density at radius 1 is 0.909 bits per heavy atom. The summed E-state index contributed by atoms with van der Waals surface area (Å²) in [4.78, 5) is 37.3. The van der Waals surface area contributed by atoms with Crippen LogP contribution < -0.4 is 11.1 Å². The van der Waals surface area contributed by atoms with Gasteiger partial charge in [0.15, 0.2) is 5.54 Å². The van der Waals surface area contributed by atoms with Gasteiger partial charge in [-0.25, -0.2) is 14.5 Å². The molecule has 2 aromatic rings. The number of amides is 5. The van der Waals surface area contributed by atoms with Crippen LogP contribution in [0.5, 0.6) is 0 Å². The lowest BCUT2D eigenvalue weighted by Crippen LogP contribution is -2.52. The molecule has 1 aliphatic heterocycles. The first-order valence-electron chi connectivity index (χ1n) is 6.64. The maximum atomic E-state index is 12.6. The number of hydrogen-bond donors (Lipinski definition) is 2. The molecule has 3 N–H and O–H groups in total. The molecule has 0 aliphatic carbocycles. The molecule has 0 saturated carbocycles. The number of primary amides is 1. The zero-order valence-electron chi connectivity index (χ0n) is 11.5. The van der Waals surface area contributed by atoms with Gasteiger partial charge in [-0.2, -0.15) is 0 Å². The zero-order chi connectivity index (χ0) is 15.7. The first-order chi connectivity index (χ1) is 10.6. The summed E-state index contributed by atoms with van der Waals surface area (Å²) in [6.07, 6.45) is 0. The molecule has 5 amide bonds. The van der Waals surface area contributed by atoms with Crippen molar-refractivity contribution < 1.29 is 14.4 Å². The number of carbonyl (C=O) groups excluding carboxylic acids is 3. The van der Waals surface area contributed by atoms with Crippen LogP contribution in [0.15, 0.2) is 60.7 Å². The minimum atomic E-state index is -1.59. The molecule has 0 radical (unpaired) electrons. The smallest absolute Gasteiger partial charge is 0.333 e.